The Balaban J connectivity index is 1.35. The Labute approximate surface area is 174 Å². The molecule has 8 nitrogen and oxygen atoms in total. The fourth-order valence-corrected chi connectivity index (χ4v) is 4.30. The zero-order valence-corrected chi connectivity index (χ0v) is 16.1. The molecule has 2 fully saturated rings. The summed E-state index contributed by atoms with van der Waals surface area (Å²) in [6, 6.07) is 5.31. The maximum absolute atomic E-state index is 13.3. The molecule has 2 aliphatic rings. The first-order chi connectivity index (χ1) is 14.9. The van der Waals surface area contributed by atoms with Crippen molar-refractivity contribution in [1.29, 1.82) is 0 Å². The molecule has 11 heteroatoms. The number of ether oxygens (including phenoxy) is 1. The number of likely N-dealkylation sites (tertiary alicyclic amines) is 1. The topological polar surface area (TPSA) is 86.0 Å². The van der Waals surface area contributed by atoms with Gasteiger partial charge in [-0.2, -0.15) is 23.4 Å². The Morgan fingerprint density at radius 2 is 1.87 bits per heavy atom. The van der Waals surface area contributed by atoms with Crippen LogP contribution in [0.4, 0.5) is 13.2 Å². The van der Waals surface area contributed by atoms with E-state index in [2.05, 4.69) is 20.2 Å². The number of piperidine rings is 1. The van der Waals surface area contributed by atoms with Crippen LogP contribution in [-0.4, -0.2) is 54.5 Å². The summed E-state index contributed by atoms with van der Waals surface area (Å²) in [5.41, 5.74) is -0.460. The summed E-state index contributed by atoms with van der Waals surface area (Å²) >= 11 is 0. The van der Waals surface area contributed by atoms with Crippen LogP contribution in [0.25, 0.3) is 5.82 Å². The lowest BCUT2D eigenvalue weighted by atomic mass is 10.1. The molecule has 3 aromatic rings. The number of hydrogen-bond donors (Lipinski definition) is 0. The number of nitrogens with zero attached hydrogens (tertiary/aromatic N) is 6. The van der Waals surface area contributed by atoms with E-state index < -0.39 is 11.7 Å². The van der Waals surface area contributed by atoms with Gasteiger partial charge >= 0.3 is 6.18 Å². The first-order valence-electron chi connectivity index (χ1n) is 9.73. The van der Waals surface area contributed by atoms with Crippen LogP contribution in [0.15, 0.2) is 49.1 Å². The van der Waals surface area contributed by atoms with Gasteiger partial charge in [0.2, 0.25) is 5.88 Å². The van der Waals surface area contributed by atoms with Crippen molar-refractivity contribution in [3.8, 4) is 11.7 Å². The molecule has 1 amide bonds. The van der Waals surface area contributed by atoms with Gasteiger partial charge in [0.15, 0.2) is 5.82 Å². The highest BCUT2D eigenvalue weighted by molar-refractivity contribution is 5.97. The van der Waals surface area contributed by atoms with Crippen LogP contribution in [0.5, 0.6) is 5.88 Å². The van der Waals surface area contributed by atoms with Crippen LogP contribution >= 0.6 is 0 Å². The predicted octanol–water partition coefficient (Wildman–Crippen LogP) is 2.76. The van der Waals surface area contributed by atoms with E-state index in [1.54, 1.807) is 23.2 Å². The number of hydrogen-bond acceptors (Lipinski definition) is 6. The van der Waals surface area contributed by atoms with Crippen molar-refractivity contribution in [2.24, 2.45) is 5.92 Å². The van der Waals surface area contributed by atoms with Gasteiger partial charge in [0.25, 0.3) is 5.91 Å². The van der Waals surface area contributed by atoms with Crippen LogP contribution in [0.3, 0.4) is 0 Å². The molecule has 1 aliphatic heterocycles. The van der Waals surface area contributed by atoms with Gasteiger partial charge in [-0.25, -0.2) is 9.97 Å². The van der Waals surface area contributed by atoms with E-state index in [9.17, 15) is 18.0 Å². The molecule has 1 saturated carbocycles. The van der Waals surface area contributed by atoms with Crippen molar-refractivity contribution < 1.29 is 22.7 Å². The molecule has 0 unspecified atom stereocenters. The Kier molecular flexibility index (Phi) is 4.60. The largest absolute Gasteiger partial charge is 0.472 e. The summed E-state index contributed by atoms with van der Waals surface area (Å²) in [4.78, 5) is 24.4. The lowest BCUT2D eigenvalue weighted by Gasteiger charge is -2.33. The number of halogens is 3. The van der Waals surface area contributed by atoms with E-state index in [1.807, 2.05) is 0 Å². The highest BCUT2D eigenvalue weighted by atomic mass is 19.4. The predicted molar refractivity (Wildman–Crippen MR) is 100 cm³/mol. The van der Waals surface area contributed by atoms with Crippen LogP contribution in [0.1, 0.15) is 28.8 Å². The third kappa shape index (κ3) is 3.60. The smallest absolute Gasteiger partial charge is 0.417 e. The number of aromatic nitrogens is 5. The van der Waals surface area contributed by atoms with Crippen molar-refractivity contribution in [1.82, 2.24) is 29.9 Å². The van der Waals surface area contributed by atoms with E-state index in [0.29, 0.717) is 17.9 Å². The molecule has 0 spiro atoms. The second kappa shape index (κ2) is 7.33. The van der Waals surface area contributed by atoms with E-state index in [-0.39, 0.29) is 29.9 Å². The summed E-state index contributed by atoms with van der Waals surface area (Å²) in [6.45, 7) is 0.588. The third-order valence-electron chi connectivity index (χ3n) is 5.65. The lowest BCUT2D eigenvalue weighted by molar-refractivity contribution is -0.137. The van der Waals surface area contributed by atoms with E-state index in [4.69, 9.17) is 4.74 Å². The molecule has 0 radical (unpaired) electrons. The molecule has 1 saturated heterocycles. The zero-order chi connectivity index (χ0) is 21.6. The molecule has 3 atom stereocenters. The molecular formula is C20H17F3N6O2. The standard InChI is InChI=1S/C20H17F3N6O2/c21-20(22,23)13-3-4-17(25-10-13)31-16-9-12-8-15(16)28(11-12)19(30)14-2-1-5-24-18(14)29-26-6-7-27-29/h1-7,10,12,15-16H,8-9,11H2/t12-,15+,16-/m1/s1. The number of rotatable bonds is 4. The van der Waals surface area contributed by atoms with Crippen molar-refractivity contribution in [2.75, 3.05) is 6.54 Å². The average Bonchev–Trinajstić information content (AvgIpc) is 3.50. The van der Waals surface area contributed by atoms with Gasteiger partial charge in [0, 0.05) is 25.0 Å². The van der Waals surface area contributed by atoms with E-state index >= 15 is 0 Å². The molecule has 31 heavy (non-hydrogen) atoms. The van der Waals surface area contributed by atoms with Crippen LogP contribution < -0.4 is 4.74 Å². The fraction of sp³-hybridized carbons (Fsp3) is 0.350. The van der Waals surface area contributed by atoms with Gasteiger partial charge in [-0.15, -0.1) is 4.80 Å². The van der Waals surface area contributed by atoms with Crippen LogP contribution in [0, 0.1) is 5.92 Å². The van der Waals surface area contributed by atoms with Gasteiger partial charge in [-0.3, -0.25) is 4.79 Å². The molecular weight excluding hydrogens is 413 g/mol. The van der Waals surface area contributed by atoms with Gasteiger partial charge in [0.1, 0.15) is 6.10 Å². The minimum absolute atomic E-state index is 0.112. The van der Waals surface area contributed by atoms with Crippen LogP contribution in [0.2, 0.25) is 0 Å². The average molecular weight is 430 g/mol. The first kappa shape index (κ1) is 19.5. The number of amides is 1. The number of fused-ring (bicyclic) bond motifs is 2. The second-order valence-corrected chi connectivity index (χ2v) is 7.59. The summed E-state index contributed by atoms with van der Waals surface area (Å²) < 4.78 is 44.1. The van der Waals surface area contributed by atoms with Gasteiger partial charge in [-0.05, 0) is 37.0 Å². The zero-order valence-electron chi connectivity index (χ0n) is 16.1. The molecule has 160 valence electrons. The molecule has 2 bridgehead atoms. The maximum atomic E-state index is 13.3. The number of carbonyl (C=O) groups is 1. The SMILES string of the molecule is O=C(c1cccnc1-n1nccn1)N1C[C@H]2C[C@@H](Oc3ccc(C(F)(F)F)cn3)[C@@H]1C2. The van der Waals surface area contributed by atoms with Crippen LogP contribution in [-0.2, 0) is 6.18 Å². The van der Waals surface area contributed by atoms with Crippen molar-refractivity contribution in [2.45, 2.75) is 31.2 Å². The minimum Gasteiger partial charge on any atom is -0.472 e. The van der Waals surface area contributed by atoms with E-state index in [0.717, 1.165) is 25.1 Å². The molecule has 3 aromatic heterocycles. The molecule has 0 N–H and O–H groups in total. The number of carbonyl (C=O) groups excluding carboxylic acids is 1. The van der Waals surface area contributed by atoms with Crippen molar-refractivity contribution in [3.63, 3.8) is 0 Å². The molecule has 4 heterocycles. The summed E-state index contributed by atoms with van der Waals surface area (Å²) in [5, 5.41) is 8.12. The Bertz CT molecular complexity index is 1090. The summed E-state index contributed by atoms with van der Waals surface area (Å²) in [7, 11) is 0. The minimum atomic E-state index is -4.45. The molecule has 5 rings (SSSR count). The van der Waals surface area contributed by atoms with Gasteiger partial charge < -0.3 is 9.64 Å². The Morgan fingerprint density at radius 3 is 2.55 bits per heavy atom. The van der Waals surface area contributed by atoms with Crippen molar-refractivity contribution >= 4 is 5.91 Å². The summed E-state index contributed by atoms with van der Waals surface area (Å²) in [5.74, 6) is 0.501. The maximum Gasteiger partial charge on any atom is 0.417 e. The summed E-state index contributed by atoms with van der Waals surface area (Å²) in [6.07, 6.45) is 2.02. The first-order valence-corrected chi connectivity index (χ1v) is 9.73. The lowest BCUT2D eigenvalue weighted by Crippen LogP contribution is -2.47. The molecule has 1 aliphatic carbocycles. The fourth-order valence-electron chi connectivity index (χ4n) is 4.30. The number of pyridine rings is 2. The second-order valence-electron chi connectivity index (χ2n) is 7.59. The van der Waals surface area contributed by atoms with E-state index in [1.165, 1.54) is 23.3 Å². The quantitative estimate of drug-likeness (QED) is 0.633. The van der Waals surface area contributed by atoms with Gasteiger partial charge in [0.05, 0.1) is 29.6 Å². The molecule has 0 aromatic carbocycles. The number of alkyl halides is 3. The highest BCUT2D eigenvalue weighted by Gasteiger charge is 2.49. The van der Waals surface area contributed by atoms with Crippen molar-refractivity contribution in [3.05, 3.63) is 60.2 Å². The highest BCUT2D eigenvalue weighted by Crippen LogP contribution is 2.40. The normalized spacial score (nSPS) is 22.7. The van der Waals surface area contributed by atoms with Gasteiger partial charge in [-0.1, -0.05) is 0 Å². The Morgan fingerprint density at radius 1 is 1.06 bits per heavy atom. The monoisotopic (exact) mass is 430 g/mol. The Hall–Kier alpha value is -3.50. The third-order valence-corrected chi connectivity index (χ3v) is 5.65.